The second-order valence-corrected chi connectivity index (χ2v) is 6.50. The minimum atomic E-state index is -3.59. The molecule has 2 N–H and O–H groups in total. The van der Waals surface area contributed by atoms with E-state index in [0.717, 1.165) is 0 Å². The molecule has 1 aromatic carbocycles. The Hall–Kier alpha value is -0.820. The van der Waals surface area contributed by atoms with Gasteiger partial charge in [-0.1, -0.05) is 11.6 Å². The van der Waals surface area contributed by atoms with E-state index in [9.17, 15) is 8.42 Å². The smallest absolute Gasteiger partial charge is 0.244 e. The number of hydrogen-bond donors (Lipinski definition) is 1. The monoisotopic (exact) mass is 290 g/mol. The summed E-state index contributed by atoms with van der Waals surface area (Å²) in [6.45, 7) is 2.94. The summed E-state index contributed by atoms with van der Waals surface area (Å²) >= 11 is 5.96. The van der Waals surface area contributed by atoms with Crippen LogP contribution < -0.4 is 5.73 Å². The highest BCUT2D eigenvalue weighted by molar-refractivity contribution is 7.89. The Labute approximate surface area is 112 Å². The molecule has 1 atom stereocenters. The van der Waals surface area contributed by atoms with Gasteiger partial charge in [0.05, 0.1) is 18.2 Å². The Morgan fingerprint density at radius 2 is 2.22 bits per heavy atom. The molecule has 0 bridgehead atoms. The number of ether oxygens (including phenoxy) is 1. The van der Waals surface area contributed by atoms with Gasteiger partial charge in [0.1, 0.15) is 4.90 Å². The van der Waals surface area contributed by atoms with E-state index >= 15 is 0 Å². The number of rotatable bonds is 2. The number of sulfonamides is 1. The Kier molecular flexibility index (Phi) is 3.82. The predicted octanol–water partition coefficient (Wildman–Crippen LogP) is 1.33. The van der Waals surface area contributed by atoms with E-state index in [4.69, 9.17) is 22.1 Å². The molecule has 0 saturated carbocycles. The molecule has 18 heavy (non-hydrogen) atoms. The van der Waals surface area contributed by atoms with Crippen LogP contribution in [0.15, 0.2) is 23.1 Å². The van der Waals surface area contributed by atoms with Crippen LogP contribution in [0.25, 0.3) is 0 Å². The van der Waals surface area contributed by atoms with Gasteiger partial charge in [-0.15, -0.1) is 0 Å². The second-order valence-electron chi connectivity index (χ2n) is 4.23. The van der Waals surface area contributed by atoms with Gasteiger partial charge in [0.15, 0.2) is 0 Å². The summed E-state index contributed by atoms with van der Waals surface area (Å²) in [4.78, 5) is 0.0899. The van der Waals surface area contributed by atoms with E-state index in [1.807, 2.05) is 6.92 Å². The SMILES string of the molecule is CC1COCCN1S(=O)(=O)c1ccc(N)cc1Cl. The molecule has 1 aromatic rings. The van der Waals surface area contributed by atoms with Crippen molar-refractivity contribution < 1.29 is 13.2 Å². The minimum Gasteiger partial charge on any atom is -0.399 e. The molecule has 1 aliphatic heterocycles. The molecular weight excluding hydrogens is 276 g/mol. The van der Waals surface area contributed by atoms with Crippen LogP contribution in [-0.4, -0.2) is 38.5 Å². The molecule has 5 nitrogen and oxygen atoms in total. The summed E-state index contributed by atoms with van der Waals surface area (Å²) in [6, 6.07) is 4.22. The lowest BCUT2D eigenvalue weighted by Crippen LogP contribution is -2.47. The summed E-state index contributed by atoms with van der Waals surface area (Å²) in [5.41, 5.74) is 6.00. The maximum atomic E-state index is 12.5. The van der Waals surface area contributed by atoms with Gasteiger partial charge in [-0.3, -0.25) is 0 Å². The van der Waals surface area contributed by atoms with Gasteiger partial charge in [0.2, 0.25) is 10.0 Å². The van der Waals surface area contributed by atoms with Crippen molar-refractivity contribution in [1.82, 2.24) is 4.31 Å². The molecular formula is C11H15ClN2O3S. The predicted molar refractivity (Wildman–Crippen MR) is 70.0 cm³/mol. The van der Waals surface area contributed by atoms with Crippen LogP contribution >= 0.6 is 11.6 Å². The standard InChI is InChI=1S/C11H15ClN2O3S/c1-8-7-17-5-4-14(8)18(15,16)11-3-2-9(13)6-10(11)12/h2-3,6,8H,4-5,7,13H2,1H3. The molecule has 0 aliphatic carbocycles. The summed E-state index contributed by atoms with van der Waals surface area (Å²) in [5, 5.41) is 0.147. The largest absolute Gasteiger partial charge is 0.399 e. The summed E-state index contributed by atoms with van der Waals surface area (Å²) < 4.78 is 31.6. The summed E-state index contributed by atoms with van der Waals surface area (Å²) in [7, 11) is -3.59. The fourth-order valence-electron chi connectivity index (χ4n) is 1.92. The normalized spacial score (nSPS) is 22.0. The molecule has 0 spiro atoms. The van der Waals surface area contributed by atoms with Crippen LogP contribution in [-0.2, 0) is 14.8 Å². The number of nitrogen functional groups attached to an aromatic ring is 1. The van der Waals surface area contributed by atoms with Crippen LogP contribution in [0.2, 0.25) is 5.02 Å². The number of hydrogen-bond acceptors (Lipinski definition) is 4. The molecule has 2 rings (SSSR count). The van der Waals surface area contributed by atoms with Crippen molar-refractivity contribution in [1.29, 1.82) is 0 Å². The first-order chi connectivity index (χ1) is 8.43. The first kappa shape index (κ1) is 13.6. The van der Waals surface area contributed by atoms with Gasteiger partial charge in [0.25, 0.3) is 0 Å². The molecule has 1 saturated heterocycles. The van der Waals surface area contributed by atoms with Crippen LogP contribution in [0.1, 0.15) is 6.92 Å². The maximum absolute atomic E-state index is 12.5. The van der Waals surface area contributed by atoms with Crippen LogP contribution in [0, 0.1) is 0 Å². The Balaban J connectivity index is 2.41. The van der Waals surface area contributed by atoms with Crippen molar-refractivity contribution >= 4 is 27.3 Å². The highest BCUT2D eigenvalue weighted by Crippen LogP contribution is 2.28. The number of morpholine rings is 1. The molecule has 100 valence electrons. The van der Waals surface area contributed by atoms with Gasteiger partial charge in [0, 0.05) is 18.3 Å². The molecule has 0 radical (unpaired) electrons. The third kappa shape index (κ3) is 2.47. The van der Waals surface area contributed by atoms with Crippen molar-refractivity contribution in [3.63, 3.8) is 0 Å². The number of anilines is 1. The Bertz CT molecular complexity index is 547. The zero-order chi connectivity index (χ0) is 13.3. The van der Waals surface area contributed by atoms with Crippen molar-refractivity contribution in [2.45, 2.75) is 17.9 Å². The molecule has 0 amide bonds. The number of nitrogens with zero attached hydrogens (tertiary/aromatic N) is 1. The third-order valence-electron chi connectivity index (χ3n) is 2.85. The van der Waals surface area contributed by atoms with Crippen molar-refractivity contribution in [2.75, 3.05) is 25.5 Å². The molecule has 7 heteroatoms. The average Bonchev–Trinajstić information content (AvgIpc) is 2.28. The summed E-state index contributed by atoms with van der Waals surface area (Å²) in [5.74, 6) is 0. The summed E-state index contributed by atoms with van der Waals surface area (Å²) in [6.07, 6.45) is 0. The molecule has 1 aliphatic rings. The van der Waals surface area contributed by atoms with E-state index in [2.05, 4.69) is 0 Å². The average molecular weight is 291 g/mol. The number of halogens is 1. The third-order valence-corrected chi connectivity index (χ3v) is 5.35. The van der Waals surface area contributed by atoms with Crippen molar-refractivity contribution in [3.05, 3.63) is 23.2 Å². The highest BCUT2D eigenvalue weighted by Gasteiger charge is 2.32. The van der Waals surface area contributed by atoms with Gasteiger partial charge in [-0.2, -0.15) is 4.31 Å². The molecule has 1 unspecified atom stereocenters. The Morgan fingerprint density at radius 1 is 1.50 bits per heavy atom. The fraction of sp³-hybridized carbons (Fsp3) is 0.455. The first-order valence-electron chi connectivity index (χ1n) is 5.57. The van der Waals surface area contributed by atoms with Crippen molar-refractivity contribution in [2.24, 2.45) is 0 Å². The van der Waals surface area contributed by atoms with Gasteiger partial charge in [-0.25, -0.2) is 8.42 Å². The number of nitrogens with two attached hydrogens (primary N) is 1. The molecule has 1 fully saturated rings. The lowest BCUT2D eigenvalue weighted by atomic mass is 10.3. The van der Waals surface area contributed by atoms with E-state index in [0.29, 0.717) is 25.4 Å². The first-order valence-corrected chi connectivity index (χ1v) is 7.39. The molecule has 1 heterocycles. The highest BCUT2D eigenvalue weighted by atomic mass is 35.5. The van der Waals surface area contributed by atoms with Crippen LogP contribution in [0.3, 0.4) is 0 Å². The Morgan fingerprint density at radius 3 is 2.83 bits per heavy atom. The van der Waals surface area contributed by atoms with E-state index in [1.54, 1.807) is 0 Å². The van der Waals surface area contributed by atoms with Gasteiger partial charge in [-0.05, 0) is 25.1 Å². The van der Waals surface area contributed by atoms with Gasteiger partial charge < -0.3 is 10.5 Å². The lowest BCUT2D eigenvalue weighted by molar-refractivity contribution is 0.0393. The molecule has 0 aromatic heterocycles. The minimum absolute atomic E-state index is 0.0899. The van der Waals surface area contributed by atoms with E-state index < -0.39 is 10.0 Å². The zero-order valence-electron chi connectivity index (χ0n) is 9.97. The van der Waals surface area contributed by atoms with Crippen LogP contribution in [0.5, 0.6) is 0 Å². The second kappa shape index (κ2) is 5.05. The fourth-order valence-corrected chi connectivity index (χ4v) is 4.05. The van der Waals surface area contributed by atoms with Crippen molar-refractivity contribution in [3.8, 4) is 0 Å². The lowest BCUT2D eigenvalue weighted by Gasteiger charge is -2.32. The number of benzene rings is 1. The quantitative estimate of drug-likeness (QED) is 0.834. The zero-order valence-corrected chi connectivity index (χ0v) is 11.5. The van der Waals surface area contributed by atoms with E-state index in [-0.39, 0.29) is 16.0 Å². The van der Waals surface area contributed by atoms with Gasteiger partial charge >= 0.3 is 0 Å². The topological polar surface area (TPSA) is 72.6 Å². The van der Waals surface area contributed by atoms with E-state index in [1.165, 1.54) is 22.5 Å². The maximum Gasteiger partial charge on any atom is 0.244 e. The van der Waals surface area contributed by atoms with Crippen LogP contribution in [0.4, 0.5) is 5.69 Å².